The first-order chi connectivity index (χ1) is 12.6. The maximum atomic E-state index is 12.7. The average molecular weight is 417 g/mol. The van der Waals surface area contributed by atoms with E-state index in [-0.39, 0.29) is 32.9 Å². The van der Waals surface area contributed by atoms with E-state index in [2.05, 4.69) is 10.6 Å². The van der Waals surface area contributed by atoms with Crippen molar-refractivity contribution in [2.75, 3.05) is 5.32 Å². The second kappa shape index (κ2) is 7.40. The van der Waals surface area contributed by atoms with Crippen molar-refractivity contribution in [1.82, 2.24) is 5.32 Å². The zero-order valence-corrected chi connectivity index (χ0v) is 15.2. The Kier molecular flexibility index (Phi) is 5.35. The number of carbonyl (C=O) groups is 2. The molecule has 0 unspecified atom stereocenters. The van der Waals surface area contributed by atoms with Gasteiger partial charge in [-0.25, -0.2) is 0 Å². The van der Waals surface area contributed by atoms with Gasteiger partial charge in [-0.2, -0.15) is 13.2 Å². The molecule has 3 rings (SSSR count). The van der Waals surface area contributed by atoms with Crippen molar-refractivity contribution in [3.8, 4) is 0 Å². The van der Waals surface area contributed by atoms with Crippen LogP contribution in [0, 0.1) is 0 Å². The lowest BCUT2D eigenvalue weighted by atomic mass is 10.1. The molecule has 1 saturated carbocycles. The monoisotopic (exact) mass is 416 g/mol. The molecule has 142 valence electrons. The van der Waals surface area contributed by atoms with Gasteiger partial charge in [0, 0.05) is 11.1 Å². The Labute approximate surface area is 162 Å². The predicted octanol–water partition coefficient (Wildman–Crippen LogP) is 5.16. The summed E-state index contributed by atoms with van der Waals surface area (Å²) in [5.41, 5.74) is -0.829. The highest BCUT2D eigenvalue weighted by atomic mass is 35.5. The van der Waals surface area contributed by atoms with E-state index in [0.717, 1.165) is 31.0 Å². The van der Waals surface area contributed by atoms with Crippen LogP contribution >= 0.6 is 23.2 Å². The molecule has 0 radical (unpaired) electrons. The number of rotatable bonds is 4. The predicted molar refractivity (Wildman–Crippen MR) is 96.3 cm³/mol. The van der Waals surface area contributed by atoms with Gasteiger partial charge in [0.15, 0.2) is 0 Å². The number of halogens is 5. The summed E-state index contributed by atoms with van der Waals surface area (Å²) in [6.07, 6.45) is -2.79. The third-order valence-corrected chi connectivity index (χ3v) is 4.48. The van der Waals surface area contributed by atoms with Crippen LogP contribution in [0.3, 0.4) is 0 Å². The standard InChI is InChI=1S/C18H13Cl2F3N2O2/c19-10-2-5-12(16(26)24-11-3-4-11)13(8-10)17(27)25-15-6-1-9(7-14(15)20)18(21,22)23/h1-2,5-8,11H,3-4H2,(H,24,26)(H,25,27). The van der Waals surface area contributed by atoms with E-state index in [0.29, 0.717) is 0 Å². The highest BCUT2D eigenvalue weighted by Gasteiger charge is 2.31. The number of alkyl halides is 3. The first-order valence-corrected chi connectivity index (χ1v) is 8.69. The number of benzene rings is 2. The summed E-state index contributed by atoms with van der Waals surface area (Å²) in [6.45, 7) is 0. The van der Waals surface area contributed by atoms with Gasteiger partial charge in [-0.15, -0.1) is 0 Å². The van der Waals surface area contributed by atoms with E-state index in [1.165, 1.54) is 18.2 Å². The van der Waals surface area contributed by atoms with Gasteiger partial charge in [0.05, 0.1) is 27.4 Å². The maximum Gasteiger partial charge on any atom is 0.416 e. The first-order valence-electron chi connectivity index (χ1n) is 7.93. The van der Waals surface area contributed by atoms with Gasteiger partial charge in [-0.1, -0.05) is 23.2 Å². The van der Waals surface area contributed by atoms with Crippen molar-refractivity contribution in [1.29, 1.82) is 0 Å². The van der Waals surface area contributed by atoms with E-state index in [9.17, 15) is 22.8 Å². The van der Waals surface area contributed by atoms with Crippen molar-refractivity contribution in [2.24, 2.45) is 0 Å². The van der Waals surface area contributed by atoms with Crippen LogP contribution in [0.25, 0.3) is 0 Å². The fourth-order valence-corrected chi connectivity index (χ4v) is 2.78. The van der Waals surface area contributed by atoms with Crippen molar-refractivity contribution in [3.63, 3.8) is 0 Å². The van der Waals surface area contributed by atoms with Crippen LogP contribution in [0.15, 0.2) is 36.4 Å². The first kappa shape index (κ1) is 19.5. The smallest absolute Gasteiger partial charge is 0.349 e. The highest BCUT2D eigenvalue weighted by molar-refractivity contribution is 6.34. The second-order valence-corrected chi connectivity index (χ2v) is 6.93. The molecule has 9 heteroatoms. The Morgan fingerprint density at radius 1 is 0.963 bits per heavy atom. The van der Waals surface area contributed by atoms with Gasteiger partial charge in [0.25, 0.3) is 11.8 Å². The summed E-state index contributed by atoms with van der Waals surface area (Å²) in [5, 5.41) is 5.15. The molecule has 0 spiro atoms. The Morgan fingerprint density at radius 2 is 1.67 bits per heavy atom. The van der Waals surface area contributed by atoms with E-state index in [1.807, 2.05) is 0 Å². The Hall–Kier alpha value is -2.25. The van der Waals surface area contributed by atoms with E-state index < -0.39 is 23.6 Å². The second-order valence-electron chi connectivity index (χ2n) is 6.08. The minimum absolute atomic E-state index is 0.00313. The third-order valence-electron chi connectivity index (χ3n) is 3.93. The number of carbonyl (C=O) groups excluding carboxylic acids is 2. The van der Waals surface area contributed by atoms with Crippen LogP contribution in [0.2, 0.25) is 10.0 Å². The van der Waals surface area contributed by atoms with Gasteiger partial charge in [-0.3, -0.25) is 9.59 Å². The molecule has 0 saturated heterocycles. The summed E-state index contributed by atoms with van der Waals surface area (Å²) in [4.78, 5) is 24.9. The minimum atomic E-state index is -4.55. The van der Waals surface area contributed by atoms with Gasteiger partial charge in [-0.05, 0) is 49.2 Å². The van der Waals surface area contributed by atoms with Crippen LogP contribution < -0.4 is 10.6 Å². The fraction of sp³-hybridized carbons (Fsp3) is 0.222. The molecule has 0 bridgehead atoms. The molecule has 2 aromatic carbocycles. The van der Waals surface area contributed by atoms with Crippen molar-refractivity contribution in [3.05, 3.63) is 63.1 Å². The number of hydrogen-bond donors (Lipinski definition) is 2. The minimum Gasteiger partial charge on any atom is -0.349 e. The fourth-order valence-electron chi connectivity index (χ4n) is 2.38. The van der Waals surface area contributed by atoms with Crippen LogP contribution in [-0.4, -0.2) is 17.9 Å². The van der Waals surface area contributed by atoms with Gasteiger partial charge >= 0.3 is 6.18 Å². The number of amides is 2. The largest absolute Gasteiger partial charge is 0.416 e. The molecule has 27 heavy (non-hydrogen) atoms. The quantitative estimate of drug-likeness (QED) is 0.723. The molecular weight excluding hydrogens is 404 g/mol. The van der Waals surface area contributed by atoms with Gasteiger partial charge in [0.1, 0.15) is 0 Å². The van der Waals surface area contributed by atoms with Gasteiger partial charge in [0.2, 0.25) is 0 Å². The van der Waals surface area contributed by atoms with Crippen LogP contribution in [0.5, 0.6) is 0 Å². The molecule has 1 fully saturated rings. The molecule has 0 aromatic heterocycles. The van der Waals surface area contributed by atoms with Crippen molar-refractivity contribution in [2.45, 2.75) is 25.1 Å². The topological polar surface area (TPSA) is 58.2 Å². The summed E-state index contributed by atoms with van der Waals surface area (Å²) in [7, 11) is 0. The maximum absolute atomic E-state index is 12.7. The molecule has 2 amide bonds. The Balaban J connectivity index is 1.85. The molecular formula is C18H13Cl2F3N2O2. The van der Waals surface area contributed by atoms with Crippen LogP contribution in [0.4, 0.5) is 18.9 Å². The van der Waals surface area contributed by atoms with E-state index in [4.69, 9.17) is 23.2 Å². The van der Waals surface area contributed by atoms with Crippen molar-refractivity contribution < 1.29 is 22.8 Å². The van der Waals surface area contributed by atoms with Crippen molar-refractivity contribution >= 4 is 40.7 Å². The zero-order chi connectivity index (χ0) is 19.8. The molecule has 1 aliphatic carbocycles. The normalized spacial score (nSPS) is 14.0. The van der Waals surface area contributed by atoms with Gasteiger partial charge < -0.3 is 10.6 Å². The average Bonchev–Trinajstić information content (AvgIpc) is 3.39. The number of nitrogens with one attached hydrogen (secondary N) is 2. The van der Waals surface area contributed by atoms with Crippen LogP contribution in [0.1, 0.15) is 39.1 Å². The molecule has 2 N–H and O–H groups in total. The molecule has 1 aliphatic rings. The Morgan fingerprint density at radius 3 is 2.26 bits per heavy atom. The number of hydrogen-bond acceptors (Lipinski definition) is 2. The summed E-state index contributed by atoms with van der Waals surface area (Å²) in [6, 6.07) is 6.88. The number of anilines is 1. The zero-order valence-electron chi connectivity index (χ0n) is 13.7. The molecule has 0 atom stereocenters. The highest BCUT2D eigenvalue weighted by Crippen LogP contribution is 2.34. The molecule has 2 aromatic rings. The summed E-state index contributed by atoms with van der Waals surface area (Å²) in [5.74, 6) is -1.13. The Bertz CT molecular complexity index is 912. The van der Waals surface area contributed by atoms with Crippen LogP contribution in [-0.2, 0) is 6.18 Å². The molecule has 4 nitrogen and oxygen atoms in total. The van der Waals surface area contributed by atoms with E-state index >= 15 is 0 Å². The van der Waals surface area contributed by atoms with E-state index in [1.54, 1.807) is 0 Å². The molecule has 0 heterocycles. The SMILES string of the molecule is O=C(Nc1ccc(C(F)(F)F)cc1Cl)c1cc(Cl)ccc1C(=O)NC1CC1. The summed E-state index contributed by atoms with van der Waals surface area (Å²) >= 11 is 11.8. The lowest BCUT2D eigenvalue weighted by Gasteiger charge is -2.13. The summed E-state index contributed by atoms with van der Waals surface area (Å²) < 4.78 is 38.2. The third kappa shape index (κ3) is 4.73. The lowest BCUT2D eigenvalue weighted by molar-refractivity contribution is -0.137. The molecule has 0 aliphatic heterocycles. The lowest BCUT2D eigenvalue weighted by Crippen LogP contribution is -2.28.